The van der Waals surface area contributed by atoms with Gasteiger partial charge in [-0.1, -0.05) is 19.1 Å². The highest BCUT2D eigenvalue weighted by atomic mass is 16.7. The van der Waals surface area contributed by atoms with E-state index in [-0.39, 0.29) is 5.41 Å². The number of likely N-dealkylation sites (N-methyl/N-ethyl adjacent to an activating group) is 2. The van der Waals surface area contributed by atoms with Crippen LogP contribution in [0.4, 0.5) is 10.5 Å². The van der Waals surface area contributed by atoms with Crippen molar-refractivity contribution in [1.82, 2.24) is 4.90 Å². The summed E-state index contributed by atoms with van der Waals surface area (Å²) in [6.07, 6.45) is 0.710. The van der Waals surface area contributed by atoms with E-state index in [1.807, 2.05) is 37.3 Å². The molecule has 2 aliphatic heterocycles. The van der Waals surface area contributed by atoms with Gasteiger partial charge >= 0.3 is 6.16 Å². The highest BCUT2D eigenvalue weighted by molar-refractivity contribution is 5.70. The molecule has 0 N–H and O–H groups in total. The van der Waals surface area contributed by atoms with Gasteiger partial charge in [-0.15, -0.1) is 0 Å². The standard InChI is InChI=1S/C21H24N2O3/c1-14-6-5-7-15(12-14)25-20(24)26-16-8-9-18-17(13-16)21(2)10-11-22(3)19(21)23(18)4/h5-9,12-13,19H,10-11H2,1-4H3/t19-,21-/m0/s1. The number of fused-ring (bicyclic) bond motifs is 3. The summed E-state index contributed by atoms with van der Waals surface area (Å²) < 4.78 is 10.7. The lowest BCUT2D eigenvalue weighted by atomic mass is 9.81. The Labute approximate surface area is 154 Å². The summed E-state index contributed by atoms with van der Waals surface area (Å²) in [5.74, 6) is 1.01. The first-order chi connectivity index (χ1) is 12.4. The molecule has 1 fully saturated rings. The molecule has 0 aromatic heterocycles. The lowest BCUT2D eigenvalue weighted by Gasteiger charge is -2.32. The Balaban J connectivity index is 1.55. The van der Waals surface area contributed by atoms with Crippen LogP contribution in [0, 0.1) is 6.92 Å². The van der Waals surface area contributed by atoms with Gasteiger partial charge in [0.05, 0.1) is 6.17 Å². The van der Waals surface area contributed by atoms with E-state index in [4.69, 9.17) is 9.47 Å². The van der Waals surface area contributed by atoms with Crippen LogP contribution in [0.3, 0.4) is 0 Å². The Morgan fingerprint density at radius 3 is 2.58 bits per heavy atom. The Hall–Kier alpha value is -2.53. The number of aryl methyl sites for hydroxylation is 1. The number of ether oxygens (including phenoxy) is 2. The Bertz CT molecular complexity index is 866. The van der Waals surface area contributed by atoms with Gasteiger partial charge in [0.2, 0.25) is 0 Å². The third-order valence-corrected chi connectivity index (χ3v) is 5.69. The number of nitrogens with zero attached hydrogens (tertiary/aromatic N) is 2. The molecule has 26 heavy (non-hydrogen) atoms. The number of carbonyl (C=O) groups is 1. The molecule has 5 nitrogen and oxygen atoms in total. The smallest absolute Gasteiger partial charge is 0.395 e. The molecule has 0 saturated carbocycles. The van der Waals surface area contributed by atoms with E-state index < -0.39 is 6.16 Å². The molecule has 0 aliphatic carbocycles. The fourth-order valence-corrected chi connectivity index (χ4v) is 4.51. The quantitative estimate of drug-likeness (QED) is 0.605. The van der Waals surface area contributed by atoms with E-state index >= 15 is 0 Å². The van der Waals surface area contributed by atoms with E-state index in [0.29, 0.717) is 17.7 Å². The van der Waals surface area contributed by atoms with Crippen molar-refractivity contribution in [2.24, 2.45) is 0 Å². The minimum absolute atomic E-state index is 0.0403. The lowest BCUT2D eigenvalue weighted by Crippen LogP contribution is -2.45. The molecule has 1 saturated heterocycles. The van der Waals surface area contributed by atoms with Crippen LogP contribution in [-0.2, 0) is 5.41 Å². The van der Waals surface area contributed by atoms with Crippen molar-refractivity contribution in [1.29, 1.82) is 0 Å². The first-order valence-electron chi connectivity index (χ1n) is 8.92. The van der Waals surface area contributed by atoms with Gasteiger partial charge in [-0.2, -0.15) is 0 Å². The van der Waals surface area contributed by atoms with Crippen molar-refractivity contribution >= 4 is 11.8 Å². The molecule has 2 aliphatic rings. The molecule has 0 bridgehead atoms. The van der Waals surface area contributed by atoms with Crippen LogP contribution >= 0.6 is 0 Å². The first-order valence-corrected chi connectivity index (χ1v) is 8.92. The van der Waals surface area contributed by atoms with Gasteiger partial charge in [-0.3, -0.25) is 4.90 Å². The van der Waals surface area contributed by atoms with Crippen molar-refractivity contribution in [2.75, 3.05) is 25.5 Å². The summed E-state index contributed by atoms with van der Waals surface area (Å²) in [7, 11) is 4.29. The van der Waals surface area contributed by atoms with E-state index in [1.54, 1.807) is 12.1 Å². The van der Waals surface area contributed by atoms with E-state index in [2.05, 4.69) is 30.8 Å². The first kappa shape index (κ1) is 16.9. The second-order valence-corrected chi connectivity index (χ2v) is 7.58. The van der Waals surface area contributed by atoms with Gasteiger partial charge in [-0.05, 0) is 61.9 Å². The fraction of sp³-hybridized carbons (Fsp3) is 0.381. The van der Waals surface area contributed by atoms with Crippen LogP contribution in [0.25, 0.3) is 0 Å². The Morgan fingerprint density at radius 2 is 1.85 bits per heavy atom. The zero-order valence-electron chi connectivity index (χ0n) is 15.7. The second-order valence-electron chi connectivity index (χ2n) is 7.58. The highest BCUT2D eigenvalue weighted by Gasteiger charge is 2.52. The average Bonchev–Trinajstić information content (AvgIpc) is 3.00. The summed E-state index contributed by atoms with van der Waals surface area (Å²) in [6, 6.07) is 13.2. The molecule has 2 heterocycles. The highest BCUT2D eigenvalue weighted by Crippen LogP contribution is 2.51. The van der Waals surface area contributed by atoms with Crippen molar-refractivity contribution in [2.45, 2.75) is 31.8 Å². The maximum atomic E-state index is 12.2. The zero-order valence-corrected chi connectivity index (χ0v) is 15.7. The normalized spacial score (nSPS) is 24.3. The molecule has 136 valence electrons. The molecule has 5 heteroatoms. The average molecular weight is 352 g/mol. The fourth-order valence-electron chi connectivity index (χ4n) is 4.51. The summed E-state index contributed by atoms with van der Waals surface area (Å²) in [5, 5.41) is 0. The predicted molar refractivity (Wildman–Crippen MR) is 101 cm³/mol. The van der Waals surface area contributed by atoms with Gasteiger partial charge in [0.15, 0.2) is 0 Å². The summed E-state index contributed by atoms with van der Waals surface area (Å²) >= 11 is 0. The number of rotatable bonds is 2. The van der Waals surface area contributed by atoms with Crippen LogP contribution < -0.4 is 14.4 Å². The Kier molecular flexibility index (Phi) is 3.92. The van der Waals surface area contributed by atoms with Gasteiger partial charge in [0.1, 0.15) is 11.5 Å². The molecule has 0 radical (unpaired) electrons. The molecule has 0 unspecified atom stereocenters. The third-order valence-electron chi connectivity index (χ3n) is 5.69. The zero-order chi connectivity index (χ0) is 18.5. The molecular weight excluding hydrogens is 328 g/mol. The van der Waals surface area contributed by atoms with Crippen molar-refractivity contribution in [3.05, 3.63) is 53.6 Å². The SMILES string of the molecule is Cc1cccc(OC(=O)Oc2ccc3c(c2)[C@]2(C)CCN(C)[C@H]2N3C)c1. The number of anilines is 1. The predicted octanol–water partition coefficient (Wildman–Crippen LogP) is 3.94. The van der Waals surface area contributed by atoms with Gasteiger partial charge < -0.3 is 14.4 Å². The molecule has 2 atom stereocenters. The summed E-state index contributed by atoms with van der Waals surface area (Å²) in [4.78, 5) is 16.9. The lowest BCUT2D eigenvalue weighted by molar-refractivity contribution is 0.152. The van der Waals surface area contributed by atoms with Gasteiger partial charge in [-0.25, -0.2) is 4.79 Å². The molecule has 2 aromatic rings. The minimum Gasteiger partial charge on any atom is -0.395 e. The van der Waals surface area contributed by atoms with Crippen LogP contribution in [-0.4, -0.2) is 37.9 Å². The summed E-state index contributed by atoms with van der Waals surface area (Å²) in [5.41, 5.74) is 3.50. The monoisotopic (exact) mass is 352 g/mol. The number of carbonyl (C=O) groups excluding carboxylic acids is 1. The van der Waals surface area contributed by atoms with Crippen LogP contribution in [0.5, 0.6) is 11.5 Å². The maximum Gasteiger partial charge on any atom is 0.519 e. The maximum absolute atomic E-state index is 12.2. The van der Waals surface area contributed by atoms with Crippen molar-refractivity contribution < 1.29 is 14.3 Å². The number of hydrogen-bond acceptors (Lipinski definition) is 5. The molecule has 2 aromatic carbocycles. The summed E-state index contributed by atoms with van der Waals surface area (Å²) in [6.45, 7) is 5.30. The minimum atomic E-state index is -0.716. The third kappa shape index (κ3) is 2.63. The van der Waals surface area contributed by atoms with Crippen molar-refractivity contribution in [3.63, 3.8) is 0 Å². The topological polar surface area (TPSA) is 42.0 Å². The van der Waals surface area contributed by atoms with Crippen LogP contribution in [0.15, 0.2) is 42.5 Å². The van der Waals surface area contributed by atoms with E-state index in [9.17, 15) is 4.79 Å². The molecule has 0 amide bonds. The van der Waals surface area contributed by atoms with E-state index in [1.165, 1.54) is 11.3 Å². The Morgan fingerprint density at radius 1 is 1.12 bits per heavy atom. The molecule has 4 rings (SSSR count). The van der Waals surface area contributed by atoms with Gasteiger partial charge in [0.25, 0.3) is 0 Å². The van der Waals surface area contributed by atoms with Crippen LogP contribution in [0.2, 0.25) is 0 Å². The largest absolute Gasteiger partial charge is 0.519 e. The van der Waals surface area contributed by atoms with E-state index in [0.717, 1.165) is 18.5 Å². The van der Waals surface area contributed by atoms with Crippen molar-refractivity contribution in [3.8, 4) is 11.5 Å². The number of benzene rings is 2. The van der Waals surface area contributed by atoms with Gasteiger partial charge in [0, 0.05) is 24.7 Å². The molecular formula is C21H24N2O3. The number of likely N-dealkylation sites (tertiary alicyclic amines) is 1. The molecule has 0 spiro atoms. The second kappa shape index (κ2) is 6.02. The number of hydrogen-bond donors (Lipinski definition) is 0. The van der Waals surface area contributed by atoms with Crippen LogP contribution in [0.1, 0.15) is 24.5 Å².